The van der Waals surface area contributed by atoms with Crippen molar-refractivity contribution >= 4 is 12.0 Å². The number of nitrogens with one attached hydrogen (secondary N) is 1. The number of aldehydes is 1. The quantitative estimate of drug-likeness (QED) is 0.514. The molecule has 0 aromatic heterocycles. The van der Waals surface area contributed by atoms with Crippen molar-refractivity contribution in [3.8, 4) is 0 Å². The van der Waals surface area contributed by atoms with E-state index in [4.69, 9.17) is 0 Å². The molecule has 3 heteroatoms. The van der Waals surface area contributed by atoms with Crippen molar-refractivity contribution in [3.63, 3.8) is 0 Å². The summed E-state index contributed by atoms with van der Waals surface area (Å²) in [4.78, 5) is 12.1. The molecule has 0 saturated carbocycles. The Kier molecular flexibility index (Phi) is 2.78. The number of nitrogens with zero attached hydrogens (tertiary/aromatic N) is 1. The highest BCUT2D eigenvalue weighted by atomic mass is 16.1. The van der Waals surface area contributed by atoms with Crippen molar-refractivity contribution < 1.29 is 9.28 Å². The summed E-state index contributed by atoms with van der Waals surface area (Å²) in [5, 5.41) is 3.68. The molecule has 1 aromatic rings. The zero-order valence-electron chi connectivity index (χ0n) is 14.5. The van der Waals surface area contributed by atoms with Gasteiger partial charge in [0.05, 0.1) is 18.5 Å². The molecule has 3 nitrogen and oxygen atoms in total. The van der Waals surface area contributed by atoms with Gasteiger partial charge in [0.25, 0.3) is 0 Å². The molecule has 5 rings (SSSR count). The summed E-state index contributed by atoms with van der Waals surface area (Å²) < 4.78 is 1.20. The van der Waals surface area contributed by atoms with Crippen LogP contribution in [0.3, 0.4) is 0 Å². The van der Waals surface area contributed by atoms with Crippen LogP contribution in [0.5, 0.6) is 0 Å². The third kappa shape index (κ3) is 1.42. The highest BCUT2D eigenvalue weighted by Gasteiger charge is 2.67. The van der Waals surface area contributed by atoms with Gasteiger partial charge < -0.3 is 9.80 Å². The molecule has 2 bridgehead atoms. The lowest BCUT2D eigenvalue weighted by molar-refractivity contribution is -0.940. The molecule has 124 valence electrons. The first-order valence-electron chi connectivity index (χ1n) is 9.27. The number of carbonyl (C=O) groups is 1. The van der Waals surface area contributed by atoms with E-state index in [1.54, 1.807) is 0 Å². The van der Waals surface area contributed by atoms with Crippen LogP contribution in [0, 0.1) is 5.92 Å². The number of para-hydroxylation sites is 1. The van der Waals surface area contributed by atoms with E-state index in [9.17, 15) is 4.79 Å². The fraction of sp³-hybridized carbons (Fsp3) is 0.476. The average Bonchev–Trinajstić information content (AvgIpc) is 3.15. The maximum atomic E-state index is 12.1. The predicted octanol–water partition coefficient (Wildman–Crippen LogP) is 3.39. The van der Waals surface area contributed by atoms with Crippen LogP contribution in [-0.4, -0.2) is 36.4 Å². The van der Waals surface area contributed by atoms with Crippen LogP contribution < -0.4 is 5.32 Å². The topological polar surface area (TPSA) is 29.1 Å². The van der Waals surface area contributed by atoms with E-state index >= 15 is 0 Å². The Morgan fingerprint density at radius 1 is 1.38 bits per heavy atom. The number of quaternary nitrogens is 1. The fourth-order valence-electron chi connectivity index (χ4n) is 6.37. The third-order valence-corrected chi connectivity index (χ3v) is 7.49. The molecular formula is C21H25N2O+. The van der Waals surface area contributed by atoms with Gasteiger partial charge in [-0.2, -0.15) is 0 Å². The van der Waals surface area contributed by atoms with Gasteiger partial charge in [0.2, 0.25) is 0 Å². The summed E-state index contributed by atoms with van der Waals surface area (Å²) >= 11 is 0. The largest absolute Gasteiger partial charge is 0.357 e. The average molecular weight is 321 g/mol. The number of hydrogen-bond acceptors (Lipinski definition) is 2. The van der Waals surface area contributed by atoms with E-state index in [0.29, 0.717) is 12.0 Å². The van der Waals surface area contributed by atoms with Gasteiger partial charge in [0.1, 0.15) is 18.9 Å². The lowest BCUT2D eigenvalue weighted by atomic mass is 9.61. The number of allylic oxidation sites excluding steroid dienone is 2. The molecule has 0 amide bonds. The molecule has 2 saturated heterocycles. The van der Waals surface area contributed by atoms with Crippen LogP contribution in [0.25, 0.3) is 0 Å². The van der Waals surface area contributed by atoms with E-state index in [0.717, 1.165) is 31.2 Å². The van der Waals surface area contributed by atoms with E-state index in [2.05, 4.69) is 49.5 Å². The monoisotopic (exact) mass is 321 g/mol. The Morgan fingerprint density at radius 3 is 2.96 bits per heavy atom. The van der Waals surface area contributed by atoms with Crippen molar-refractivity contribution in [1.82, 2.24) is 0 Å². The van der Waals surface area contributed by atoms with Crippen molar-refractivity contribution in [2.45, 2.75) is 38.1 Å². The second kappa shape index (κ2) is 4.60. The zero-order chi connectivity index (χ0) is 16.5. The summed E-state index contributed by atoms with van der Waals surface area (Å²) in [5.41, 5.74) is 6.41. The van der Waals surface area contributed by atoms with Crippen LogP contribution >= 0.6 is 0 Å². The number of piperidine rings is 1. The standard InChI is InChI=1S/C21H24N2O/c1-3-14-12-23(4-2)10-9-21-17-7-5-6-8-18(17)22-20(21)16(13-24)15(14)11-19(21)23/h3,5-8,13,15,19H,4,9-12H2,1-2H3/p+1/t15-,19+,21?,23?/m0/s1. The summed E-state index contributed by atoms with van der Waals surface area (Å²) in [7, 11) is 0. The summed E-state index contributed by atoms with van der Waals surface area (Å²) in [6.07, 6.45) is 5.70. The van der Waals surface area contributed by atoms with Gasteiger partial charge >= 0.3 is 0 Å². The van der Waals surface area contributed by atoms with Crippen LogP contribution in [0.4, 0.5) is 5.69 Å². The smallest absolute Gasteiger partial charge is 0.148 e. The Labute approximate surface area is 143 Å². The lowest BCUT2D eigenvalue weighted by Crippen LogP contribution is -2.63. The van der Waals surface area contributed by atoms with Crippen LogP contribution in [0.15, 0.2) is 47.2 Å². The van der Waals surface area contributed by atoms with Crippen LogP contribution in [-0.2, 0) is 10.2 Å². The molecule has 2 unspecified atom stereocenters. The molecule has 24 heavy (non-hydrogen) atoms. The molecule has 2 fully saturated rings. The number of rotatable bonds is 2. The molecule has 1 N–H and O–H groups in total. The molecule has 1 aliphatic carbocycles. The summed E-state index contributed by atoms with van der Waals surface area (Å²) in [6.45, 7) is 8.01. The number of carbonyl (C=O) groups excluding carboxylic acids is 1. The first kappa shape index (κ1) is 14.5. The van der Waals surface area contributed by atoms with Gasteiger partial charge in [0.15, 0.2) is 0 Å². The van der Waals surface area contributed by atoms with E-state index in [1.807, 2.05) is 0 Å². The maximum absolute atomic E-state index is 12.1. The van der Waals surface area contributed by atoms with Crippen LogP contribution in [0.1, 0.15) is 32.3 Å². The van der Waals surface area contributed by atoms with Crippen molar-refractivity contribution in [3.05, 3.63) is 52.7 Å². The highest BCUT2D eigenvalue weighted by Crippen LogP contribution is 2.63. The summed E-state index contributed by atoms with van der Waals surface area (Å²) in [6, 6.07) is 9.33. The minimum absolute atomic E-state index is 0.0403. The molecule has 0 radical (unpaired) electrons. The second-order valence-electron chi connectivity index (χ2n) is 7.92. The number of anilines is 1. The molecule has 1 spiro atoms. The maximum Gasteiger partial charge on any atom is 0.148 e. The zero-order valence-corrected chi connectivity index (χ0v) is 14.5. The Hall–Kier alpha value is -1.87. The number of benzene rings is 1. The van der Waals surface area contributed by atoms with E-state index < -0.39 is 0 Å². The minimum Gasteiger partial charge on any atom is -0.357 e. The van der Waals surface area contributed by atoms with Crippen LogP contribution in [0.2, 0.25) is 0 Å². The molecule has 4 aliphatic rings. The van der Waals surface area contributed by atoms with Gasteiger partial charge in [-0.15, -0.1) is 0 Å². The normalized spacial score (nSPS) is 40.3. The van der Waals surface area contributed by atoms with Gasteiger partial charge in [-0.3, -0.25) is 4.79 Å². The van der Waals surface area contributed by atoms with Gasteiger partial charge in [-0.1, -0.05) is 24.3 Å². The molecule has 4 atom stereocenters. The highest BCUT2D eigenvalue weighted by molar-refractivity contribution is 5.84. The Balaban J connectivity index is 1.84. The van der Waals surface area contributed by atoms with Crippen molar-refractivity contribution in [2.24, 2.45) is 5.92 Å². The van der Waals surface area contributed by atoms with Gasteiger partial charge in [-0.25, -0.2) is 0 Å². The Bertz CT molecular complexity index is 808. The molecular weight excluding hydrogens is 296 g/mol. The fourth-order valence-corrected chi connectivity index (χ4v) is 6.37. The molecule has 3 heterocycles. The van der Waals surface area contributed by atoms with Gasteiger partial charge in [-0.05, 0) is 31.1 Å². The van der Waals surface area contributed by atoms with E-state index in [1.165, 1.54) is 40.1 Å². The summed E-state index contributed by atoms with van der Waals surface area (Å²) in [5.74, 6) is 0.318. The first-order chi connectivity index (χ1) is 11.7. The third-order valence-electron chi connectivity index (χ3n) is 7.49. The van der Waals surface area contributed by atoms with Crippen molar-refractivity contribution in [1.29, 1.82) is 0 Å². The Morgan fingerprint density at radius 2 is 2.21 bits per heavy atom. The molecule has 3 aliphatic heterocycles. The van der Waals surface area contributed by atoms with Gasteiger partial charge in [0, 0.05) is 35.7 Å². The van der Waals surface area contributed by atoms with E-state index in [-0.39, 0.29) is 5.41 Å². The number of likely N-dealkylation sites (N-methyl/N-ethyl adjacent to an activating group) is 1. The second-order valence-corrected chi connectivity index (χ2v) is 7.92. The minimum atomic E-state index is 0.0403. The first-order valence-corrected chi connectivity index (χ1v) is 9.27. The van der Waals surface area contributed by atoms with Crippen molar-refractivity contribution in [2.75, 3.05) is 25.0 Å². The molecule has 1 aromatic carbocycles. The number of hydrogen-bond donors (Lipinski definition) is 1. The lowest BCUT2D eigenvalue weighted by Gasteiger charge is -2.53. The SMILES string of the molecule is CC=C1C[N+]2(CC)CCC34C(=C(C=O)[C@H]1C[C@H]32)Nc1ccccc14. The predicted molar refractivity (Wildman–Crippen MR) is 95.6 cm³/mol. The number of fused-ring (bicyclic) bond motifs is 2.